The van der Waals surface area contributed by atoms with E-state index in [1.807, 2.05) is 0 Å². The van der Waals surface area contributed by atoms with E-state index in [0.717, 1.165) is 37.7 Å². The summed E-state index contributed by atoms with van der Waals surface area (Å²) in [6.07, 6.45) is 2.61. The van der Waals surface area contributed by atoms with E-state index < -0.39 is 0 Å². The standard InChI is InChI=1S/C14H18ClFN2/c15-13-6-12(16)4-3-10(13)7-18-8-11-2-1-5-17-14(11)9-18/h3-4,6,11,14,17H,1-2,5,7-9H2/t11-,14+/m0/s1. The molecule has 2 atom stereocenters. The molecule has 2 aliphatic rings. The van der Waals surface area contributed by atoms with Crippen LogP contribution in [-0.4, -0.2) is 30.6 Å². The molecule has 0 unspecified atom stereocenters. The molecule has 0 radical (unpaired) electrons. The Labute approximate surface area is 112 Å². The molecular weight excluding hydrogens is 251 g/mol. The first-order chi connectivity index (χ1) is 8.72. The molecule has 2 aliphatic heterocycles. The summed E-state index contributed by atoms with van der Waals surface area (Å²) in [5.74, 6) is 0.512. The summed E-state index contributed by atoms with van der Waals surface area (Å²) in [7, 11) is 0. The van der Waals surface area contributed by atoms with Crippen LogP contribution >= 0.6 is 11.6 Å². The molecule has 2 saturated heterocycles. The smallest absolute Gasteiger partial charge is 0.124 e. The summed E-state index contributed by atoms with van der Waals surface area (Å²) in [5, 5.41) is 4.13. The fourth-order valence-electron chi connectivity index (χ4n) is 3.16. The van der Waals surface area contributed by atoms with Gasteiger partial charge in [-0.2, -0.15) is 0 Å². The highest BCUT2D eigenvalue weighted by molar-refractivity contribution is 6.31. The van der Waals surface area contributed by atoms with Crippen molar-refractivity contribution < 1.29 is 4.39 Å². The van der Waals surface area contributed by atoms with Gasteiger partial charge in [-0.25, -0.2) is 4.39 Å². The third-order valence-electron chi connectivity index (χ3n) is 4.08. The predicted molar refractivity (Wildman–Crippen MR) is 71.2 cm³/mol. The van der Waals surface area contributed by atoms with Crippen LogP contribution in [0.3, 0.4) is 0 Å². The van der Waals surface area contributed by atoms with Gasteiger partial charge in [-0.15, -0.1) is 0 Å². The van der Waals surface area contributed by atoms with E-state index in [2.05, 4.69) is 10.2 Å². The number of nitrogens with zero attached hydrogens (tertiary/aromatic N) is 1. The maximum atomic E-state index is 13.0. The third-order valence-corrected chi connectivity index (χ3v) is 4.44. The Morgan fingerprint density at radius 2 is 2.28 bits per heavy atom. The van der Waals surface area contributed by atoms with E-state index in [4.69, 9.17) is 11.6 Å². The van der Waals surface area contributed by atoms with Gasteiger partial charge in [0.1, 0.15) is 5.82 Å². The van der Waals surface area contributed by atoms with Gasteiger partial charge in [0.25, 0.3) is 0 Å². The molecule has 0 bridgehead atoms. The molecule has 2 heterocycles. The van der Waals surface area contributed by atoms with Gasteiger partial charge >= 0.3 is 0 Å². The van der Waals surface area contributed by atoms with Crippen LogP contribution in [0, 0.1) is 11.7 Å². The van der Waals surface area contributed by atoms with Gasteiger partial charge in [-0.1, -0.05) is 17.7 Å². The number of hydrogen-bond acceptors (Lipinski definition) is 2. The highest BCUT2D eigenvalue weighted by Gasteiger charge is 2.34. The van der Waals surface area contributed by atoms with E-state index in [1.54, 1.807) is 6.07 Å². The van der Waals surface area contributed by atoms with E-state index in [9.17, 15) is 4.39 Å². The summed E-state index contributed by atoms with van der Waals surface area (Å²) in [4.78, 5) is 2.42. The van der Waals surface area contributed by atoms with E-state index >= 15 is 0 Å². The number of halogens is 2. The van der Waals surface area contributed by atoms with Crippen molar-refractivity contribution in [3.05, 3.63) is 34.6 Å². The maximum absolute atomic E-state index is 13.0. The molecule has 0 amide bonds. The second-order valence-corrected chi connectivity index (χ2v) is 5.80. The fourth-order valence-corrected chi connectivity index (χ4v) is 3.38. The molecule has 0 aliphatic carbocycles. The minimum Gasteiger partial charge on any atom is -0.312 e. The summed E-state index contributed by atoms with van der Waals surface area (Å²) in [6, 6.07) is 5.33. The first-order valence-electron chi connectivity index (χ1n) is 6.62. The second-order valence-electron chi connectivity index (χ2n) is 5.39. The summed E-state index contributed by atoms with van der Waals surface area (Å²) in [6.45, 7) is 4.18. The first kappa shape index (κ1) is 12.4. The highest BCUT2D eigenvalue weighted by Crippen LogP contribution is 2.27. The lowest BCUT2D eigenvalue weighted by atomic mass is 9.94. The normalized spacial score (nSPS) is 28.3. The van der Waals surface area contributed by atoms with Crippen LogP contribution in [0.4, 0.5) is 4.39 Å². The molecule has 0 spiro atoms. The zero-order valence-electron chi connectivity index (χ0n) is 10.3. The van der Waals surface area contributed by atoms with E-state index in [-0.39, 0.29) is 5.82 Å². The SMILES string of the molecule is Fc1ccc(CN2C[C@@H]3CCCN[C@@H]3C2)c(Cl)c1. The van der Waals surface area contributed by atoms with Gasteiger partial charge in [0.05, 0.1) is 0 Å². The topological polar surface area (TPSA) is 15.3 Å². The second kappa shape index (κ2) is 5.16. The molecule has 0 aromatic heterocycles. The predicted octanol–water partition coefficient (Wildman–Crippen LogP) is 2.66. The van der Waals surface area contributed by atoms with Gasteiger partial charge < -0.3 is 5.32 Å². The minimum absolute atomic E-state index is 0.263. The summed E-state index contributed by atoms with van der Waals surface area (Å²) < 4.78 is 13.0. The number of fused-ring (bicyclic) bond motifs is 1. The van der Waals surface area contributed by atoms with Crippen molar-refractivity contribution in [1.29, 1.82) is 0 Å². The Kier molecular flexibility index (Phi) is 3.55. The molecule has 1 N–H and O–H groups in total. The average Bonchev–Trinajstić information content (AvgIpc) is 2.75. The zero-order chi connectivity index (χ0) is 12.5. The van der Waals surface area contributed by atoms with Crippen LogP contribution in [-0.2, 0) is 6.54 Å². The lowest BCUT2D eigenvalue weighted by molar-refractivity contribution is 0.312. The maximum Gasteiger partial charge on any atom is 0.124 e. The van der Waals surface area contributed by atoms with Gasteiger partial charge in [-0.05, 0) is 43.0 Å². The number of likely N-dealkylation sites (tertiary alicyclic amines) is 1. The van der Waals surface area contributed by atoms with Crippen molar-refractivity contribution in [2.24, 2.45) is 5.92 Å². The number of hydrogen-bond donors (Lipinski definition) is 1. The van der Waals surface area contributed by atoms with Crippen LogP contribution in [0.25, 0.3) is 0 Å². The molecule has 98 valence electrons. The number of piperidine rings is 1. The van der Waals surface area contributed by atoms with Gasteiger partial charge in [0.15, 0.2) is 0 Å². The molecule has 18 heavy (non-hydrogen) atoms. The summed E-state index contributed by atoms with van der Waals surface area (Å²) >= 11 is 6.08. The minimum atomic E-state index is -0.263. The molecular formula is C14H18ClFN2. The van der Waals surface area contributed by atoms with Crippen molar-refractivity contribution >= 4 is 11.6 Å². The van der Waals surface area contributed by atoms with Crippen LogP contribution in [0.1, 0.15) is 18.4 Å². The Hall–Kier alpha value is -0.640. The van der Waals surface area contributed by atoms with Crippen molar-refractivity contribution in [3.63, 3.8) is 0 Å². The number of rotatable bonds is 2. The number of nitrogens with one attached hydrogen (secondary N) is 1. The van der Waals surface area contributed by atoms with Crippen LogP contribution < -0.4 is 5.32 Å². The van der Waals surface area contributed by atoms with E-state index in [1.165, 1.54) is 25.0 Å². The Balaban J connectivity index is 1.66. The molecule has 2 nitrogen and oxygen atoms in total. The Morgan fingerprint density at radius 3 is 3.06 bits per heavy atom. The van der Waals surface area contributed by atoms with E-state index in [0.29, 0.717) is 11.1 Å². The van der Waals surface area contributed by atoms with Gasteiger partial charge in [-0.3, -0.25) is 4.90 Å². The molecule has 1 aromatic carbocycles. The number of benzene rings is 1. The highest BCUT2D eigenvalue weighted by atomic mass is 35.5. The fraction of sp³-hybridized carbons (Fsp3) is 0.571. The van der Waals surface area contributed by atoms with Crippen molar-refractivity contribution in [2.45, 2.75) is 25.4 Å². The van der Waals surface area contributed by atoms with Gasteiger partial charge in [0.2, 0.25) is 0 Å². The van der Waals surface area contributed by atoms with Gasteiger partial charge in [0, 0.05) is 30.7 Å². The Bertz CT molecular complexity index is 424. The van der Waals surface area contributed by atoms with Crippen LogP contribution in [0.2, 0.25) is 5.02 Å². The molecule has 1 aromatic rings. The first-order valence-corrected chi connectivity index (χ1v) is 7.00. The zero-order valence-corrected chi connectivity index (χ0v) is 11.1. The molecule has 0 saturated carbocycles. The molecule has 2 fully saturated rings. The average molecular weight is 269 g/mol. The Morgan fingerprint density at radius 1 is 1.39 bits per heavy atom. The van der Waals surface area contributed by atoms with Crippen LogP contribution in [0.15, 0.2) is 18.2 Å². The molecule has 3 rings (SSSR count). The monoisotopic (exact) mass is 268 g/mol. The van der Waals surface area contributed by atoms with Crippen LogP contribution in [0.5, 0.6) is 0 Å². The quantitative estimate of drug-likeness (QED) is 0.887. The molecule has 4 heteroatoms. The lowest BCUT2D eigenvalue weighted by Crippen LogP contribution is -2.40. The summed E-state index contributed by atoms with van der Waals surface area (Å²) in [5.41, 5.74) is 1.02. The lowest BCUT2D eigenvalue weighted by Gasteiger charge is -2.24. The van der Waals surface area contributed by atoms with Crippen molar-refractivity contribution in [1.82, 2.24) is 10.2 Å². The largest absolute Gasteiger partial charge is 0.312 e. The van der Waals surface area contributed by atoms with Crippen molar-refractivity contribution in [3.8, 4) is 0 Å². The van der Waals surface area contributed by atoms with Crippen molar-refractivity contribution in [2.75, 3.05) is 19.6 Å². The third kappa shape index (κ3) is 2.53.